The summed E-state index contributed by atoms with van der Waals surface area (Å²) in [5.41, 5.74) is 8.89. The minimum absolute atomic E-state index is 0.293. The van der Waals surface area contributed by atoms with E-state index >= 15 is 0 Å². The van der Waals surface area contributed by atoms with Crippen molar-refractivity contribution in [1.82, 2.24) is 9.38 Å². The van der Waals surface area contributed by atoms with Crippen molar-refractivity contribution in [2.75, 3.05) is 0 Å². The number of carbonyl (C=O) groups is 1. The molecule has 0 bridgehead atoms. The summed E-state index contributed by atoms with van der Waals surface area (Å²) in [6.45, 7) is 1.80. The van der Waals surface area contributed by atoms with Crippen LogP contribution in [-0.2, 0) is 4.79 Å². The van der Waals surface area contributed by atoms with Crippen LogP contribution in [0.2, 0.25) is 5.02 Å². The SMILES string of the molecule is CC(C(N)=O)c1ccc(-c2cn3cc(Cl)ccc3n2)cc1. The number of hydrogen-bond donors (Lipinski definition) is 1. The molecule has 0 spiro atoms. The highest BCUT2D eigenvalue weighted by atomic mass is 35.5. The van der Waals surface area contributed by atoms with Gasteiger partial charge >= 0.3 is 0 Å². The number of aromatic nitrogens is 2. The number of nitrogens with zero attached hydrogens (tertiary/aromatic N) is 2. The van der Waals surface area contributed by atoms with Crippen molar-refractivity contribution in [2.45, 2.75) is 12.8 Å². The maximum absolute atomic E-state index is 11.2. The maximum atomic E-state index is 11.2. The number of benzene rings is 1. The van der Waals surface area contributed by atoms with Crippen molar-refractivity contribution < 1.29 is 4.79 Å². The summed E-state index contributed by atoms with van der Waals surface area (Å²) in [7, 11) is 0. The van der Waals surface area contributed by atoms with Crippen molar-refractivity contribution in [3.05, 3.63) is 59.4 Å². The molecule has 4 nitrogen and oxygen atoms in total. The molecule has 1 unspecified atom stereocenters. The Morgan fingerprint density at radius 3 is 2.57 bits per heavy atom. The van der Waals surface area contributed by atoms with E-state index in [1.54, 1.807) is 6.92 Å². The second kappa shape index (κ2) is 5.22. The predicted octanol–water partition coefficient (Wildman–Crippen LogP) is 3.24. The number of primary amides is 1. The molecule has 0 aliphatic carbocycles. The highest BCUT2D eigenvalue weighted by molar-refractivity contribution is 6.30. The van der Waals surface area contributed by atoms with Crippen molar-refractivity contribution in [3.8, 4) is 11.3 Å². The van der Waals surface area contributed by atoms with E-state index in [9.17, 15) is 4.79 Å². The third-order valence-electron chi connectivity index (χ3n) is 3.55. The predicted molar refractivity (Wildman–Crippen MR) is 83.2 cm³/mol. The lowest BCUT2D eigenvalue weighted by Gasteiger charge is -2.07. The van der Waals surface area contributed by atoms with Gasteiger partial charge in [0.1, 0.15) is 5.65 Å². The molecule has 0 aliphatic heterocycles. The molecule has 2 aromatic heterocycles. The van der Waals surface area contributed by atoms with Gasteiger partial charge < -0.3 is 10.1 Å². The minimum atomic E-state index is -0.329. The van der Waals surface area contributed by atoms with Crippen LogP contribution in [0.25, 0.3) is 16.9 Å². The first-order valence-corrected chi connectivity index (χ1v) is 6.96. The molecule has 0 saturated carbocycles. The molecule has 2 heterocycles. The fourth-order valence-electron chi connectivity index (χ4n) is 2.21. The first-order valence-electron chi connectivity index (χ1n) is 6.58. The van der Waals surface area contributed by atoms with Gasteiger partial charge in [-0.05, 0) is 24.6 Å². The Morgan fingerprint density at radius 2 is 1.90 bits per heavy atom. The number of nitrogens with two attached hydrogens (primary N) is 1. The molecule has 3 aromatic rings. The number of imidazole rings is 1. The average molecular weight is 300 g/mol. The van der Waals surface area contributed by atoms with Crippen molar-refractivity contribution in [2.24, 2.45) is 5.73 Å². The Morgan fingerprint density at radius 1 is 1.19 bits per heavy atom. The van der Waals surface area contributed by atoms with Crippen molar-refractivity contribution in [1.29, 1.82) is 0 Å². The van der Waals surface area contributed by atoms with Gasteiger partial charge in [0.15, 0.2) is 0 Å². The summed E-state index contributed by atoms with van der Waals surface area (Å²) in [5.74, 6) is -0.621. The van der Waals surface area contributed by atoms with E-state index < -0.39 is 0 Å². The van der Waals surface area contributed by atoms with Crippen LogP contribution in [0.4, 0.5) is 0 Å². The molecule has 0 aliphatic rings. The number of rotatable bonds is 3. The third-order valence-corrected chi connectivity index (χ3v) is 3.77. The Labute approximate surface area is 127 Å². The normalized spacial score (nSPS) is 12.5. The smallest absolute Gasteiger partial charge is 0.224 e. The number of amides is 1. The van der Waals surface area contributed by atoms with E-state index in [-0.39, 0.29) is 11.8 Å². The molecule has 1 aromatic carbocycles. The summed E-state index contributed by atoms with van der Waals surface area (Å²) < 4.78 is 1.89. The van der Waals surface area contributed by atoms with E-state index in [1.807, 2.05) is 53.2 Å². The van der Waals surface area contributed by atoms with E-state index in [0.717, 1.165) is 22.5 Å². The van der Waals surface area contributed by atoms with Gasteiger partial charge in [0, 0.05) is 18.0 Å². The Kier molecular flexibility index (Phi) is 3.39. The second-order valence-electron chi connectivity index (χ2n) is 4.98. The first-order chi connectivity index (χ1) is 10.0. The fourth-order valence-corrected chi connectivity index (χ4v) is 2.38. The molecular formula is C16H14ClN3O. The number of fused-ring (bicyclic) bond motifs is 1. The van der Waals surface area contributed by atoms with E-state index in [0.29, 0.717) is 5.02 Å². The van der Waals surface area contributed by atoms with Crippen molar-refractivity contribution >= 4 is 23.2 Å². The molecule has 106 valence electrons. The largest absolute Gasteiger partial charge is 0.369 e. The van der Waals surface area contributed by atoms with Gasteiger partial charge in [-0.1, -0.05) is 35.9 Å². The Hall–Kier alpha value is -2.33. The van der Waals surface area contributed by atoms with Gasteiger partial charge in [0.25, 0.3) is 0 Å². The van der Waals surface area contributed by atoms with E-state index in [2.05, 4.69) is 4.98 Å². The van der Waals surface area contributed by atoms with Crippen LogP contribution in [0.5, 0.6) is 0 Å². The Bertz CT molecular complexity index is 808. The number of pyridine rings is 1. The van der Waals surface area contributed by atoms with E-state index in [1.165, 1.54) is 0 Å². The van der Waals surface area contributed by atoms with Crippen LogP contribution in [0.3, 0.4) is 0 Å². The standard InChI is InChI=1S/C16H14ClN3O/c1-10(16(18)21)11-2-4-12(5-3-11)14-9-20-8-13(17)6-7-15(20)19-14/h2-10H,1H3,(H2,18,21). The van der Waals surface area contributed by atoms with Gasteiger partial charge in [-0.3, -0.25) is 4.79 Å². The highest BCUT2D eigenvalue weighted by Gasteiger charge is 2.12. The topological polar surface area (TPSA) is 60.4 Å². The quantitative estimate of drug-likeness (QED) is 0.807. The molecule has 0 saturated heterocycles. The monoisotopic (exact) mass is 299 g/mol. The number of hydrogen-bond acceptors (Lipinski definition) is 2. The summed E-state index contributed by atoms with van der Waals surface area (Å²) >= 11 is 5.97. The third kappa shape index (κ3) is 2.62. The van der Waals surface area contributed by atoms with Gasteiger partial charge in [-0.25, -0.2) is 4.98 Å². The molecule has 0 radical (unpaired) electrons. The maximum Gasteiger partial charge on any atom is 0.224 e. The zero-order valence-electron chi connectivity index (χ0n) is 11.5. The Balaban J connectivity index is 1.97. The summed E-state index contributed by atoms with van der Waals surface area (Å²) in [4.78, 5) is 15.7. The molecule has 21 heavy (non-hydrogen) atoms. The van der Waals surface area contributed by atoms with Gasteiger partial charge in [0.2, 0.25) is 5.91 Å². The first kappa shape index (κ1) is 13.6. The summed E-state index contributed by atoms with van der Waals surface area (Å²) in [5, 5.41) is 0.664. The minimum Gasteiger partial charge on any atom is -0.369 e. The molecule has 3 rings (SSSR count). The lowest BCUT2D eigenvalue weighted by Crippen LogP contribution is -2.18. The molecule has 5 heteroatoms. The summed E-state index contributed by atoms with van der Waals surface area (Å²) in [6, 6.07) is 11.4. The van der Waals surface area contributed by atoms with Gasteiger partial charge in [0.05, 0.1) is 16.6 Å². The van der Waals surface area contributed by atoms with Crippen LogP contribution >= 0.6 is 11.6 Å². The van der Waals surface area contributed by atoms with Gasteiger partial charge in [-0.2, -0.15) is 0 Å². The fraction of sp³-hybridized carbons (Fsp3) is 0.125. The zero-order valence-corrected chi connectivity index (χ0v) is 12.2. The second-order valence-corrected chi connectivity index (χ2v) is 5.42. The number of halogens is 1. The summed E-state index contributed by atoms with van der Waals surface area (Å²) in [6.07, 6.45) is 3.74. The molecule has 1 amide bonds. The molecule has 0 fully saturated rings. The van der Waals surface area contributed by atoms with Crippen LogP contribution in [0.1, 0.15) is 18.4 Å². The van der Waals surface area contributed by atoms with E-state index in [4.69, 9.17) is 17.3 Å². The molecular weight excluding hydrogens is 286 g/mol. The van der Waals surface area contributed by atoms with Crippen LogP contribution in [0, 0.1) is 0 Å². The van der Waals surface area contributed by atoms with Gasteiger partial charge in [-0.15, -0.1) is 0 Å². The lowest BCUT2D eigenvalue weighted by atomic mass is 9.99. The van der Waals surface area contributed by atoms with Crippen LogP contribution in [-0.4, -0.2) is 15.3 Å². The highest BCUT2D eigenvalue weighted by Crippen LogP contribution is 2.23. The lowest BCUT2D eigenvalue weighted by molar-refractivity contribution is -0.119. The van der Waals surface area contributed by atoms with Crippen molar-refractivity contribution in [3.63, 3.8) is 0 Å². The van der Waals surface area contributed by atoms with Crippen LogP contribution < -0.4 is 5.73 Å². The number of carbonyl (C=O) groups excluding carboxylic acids is 1. The van der Waals surface area contributed by atoms with Crippen LogP contribution in [0.15, 0.2) is 48.8 Å². The zero-order chi connectivity index (χ0) is 15.0. The molecule has 2 N–H and O–H groups in total. The average Bonchev–Trinajstić information content (AvgIpc) is 2.89. The molecule has 1 atom stereocenters.